The summed E-state index contributed by atoms with van der Waals surface area (Å²) in [4.78, 5) is 34.6. The van der Waals surface area contributed by atoms with Crippen molar-refractivity contribution < 1.29 is 14.6 Å². The van der Waals surface area contributed by atoms with Gasteiger partial charge < -0.3 is 5.32 Å². The molecule has 1 N–H and O–H groups in total. The van der Waals surface area contributed by atoms with Crippen molar-refractivity contribution in [3.63, 3.8) is 0 Å². The number of nitro groups is 2. The maximum atomic E-state index is 12.5. The van der Waals surface area contributed by atoms with Crippen LogP contribution >= 0.6 is 34.8 Å². The lowest BCUT2D eigenvalue weighted by molar-refractivity contribution is -0.394. The van der Waals surface area contributed by atoms with Gasteiger partial charge in [0.2, 0.25) is 3.79 Å². The van der Waals surface area contributed by atoms with Crippen LogP contribution < -0.4 is 5.32 Å². The van der Waals surface area contributed by atoms with Crippen molar-refractivity contribution in [3.8, 4) is 0 Å². The van der Waals surface area contributed by atoms with E-state index in [0.29, 0.717) is 13.1 Å². The number of alkyl halides is 3. The van der Waals surface area contributed by atoms with Crippen molar-refractivity contribution in [1.29, 1.82) is 0 Å². The summed E-state index contributed by atoms with van der Waals surface area (Å²) in [6.07, 6.45) is 1.79. The van der Waals surface area contributed by atoms with Crippen LogP contribution in [0.25, 0.3) is 0 Å². The summed E-state index contributed by atoms with van der Waals surface area (Å²) in [5.41, 5.74) is -1.41. The van der Waals surface area contributed by atoms with Crippen molar-refractivity contribution in [2.75, 3.05) is 13.1 Å². The zero-order chi connectivity index (χ0) is 19.5. The fourth-order valence-electron chi connectivity index (χ4n) is 2.70. The quantitative estimate of drug-likeness (QED) is 0.438. The van der Waals surface area contributed by atoms with Crippen LogP contribution in [-0.4, -0.2) is 43.7 Å². The molecule has 9 nitrogen and oxygen atoms in total. The van der Waals surface area contributed by atoms with Crippen LogP contribution in [0, 0.1) is 20.2 Å². The first kappa shape index (κ1) is 20.6. The molecule has 1 amide bonds. The second-order valence-corrected chi connectivity index (χ2v) is 8.14. The minimum Gasteiger partial charge on any atom is -0.332 e. The van der Waals surface area contributed by atoms with Gasteiger partial charge in [-0.05, 0) is 12.8 Å². The van der Waals surface area contributed by atoms with E-state index in [1.807, 2.05) is 0 Å². The van der Waals surface area contributed by atoms with Crippen LogP contribution in [0.1, 0.15) is 29.6 Å². The summed E-state index contributed by atoms with van der Waals surface area (Å²) in [6, 6.07) is 2.65. The van der Waals surface area contributed by atoms with E-state index < -0.39 is 37.1 Å². The van der Waals surface area contributed by atoms with Gasteiger partial charge in [-0.25, -0.2) is 0 Å². The van der Waals surface area contributed by atoms with Gasteiger partial charge in [0.15, 0.2) is 0 Å². The third-order valence-corrected chi connectivity index (χ3v) is 4.54. The number of hydrogen-bond acceptors (Lipinski definition) is 6. The molecule has 0 spiro atoms. The Bertz CT molecular complexity index is 687. The van der Waals surface area contributed by atoms with Crippen molar-refractivity contribution in [1.82, 2.24) is 10.2 Å². The normalized spacial score (nSPS) is 16.7. The summed E-state index contributed by atoms with van der Waals surface area (Å²) in [6.45, 7) is 1.21. The highest BCUT2D eigenvalue weighted by Crippen LogP contribution is 2.34. The summed E-state index contributed by atoms with van der Waals surface area (Å²) >= 11 is 18.0. The molecule has 1 aromatic rings. The van der Waals surface area contributed by atoms with Crippen molar-refractivity contribution >= 4 is 52.1 Å². The molecular weight excluding hydrogens is 411 g/mol. The molecule has 0 radical (unpaired) electrons. The highest BCUT2D eigenvalue weighted by atomic mass is 35.6. The lowest BCUT2D eigenvalue weighted by Gasteiger charge is -2.38. The maximum absolute atomic E-state index is 12.5. The van der Waals surface area contributed by atoms with Gasteiger partial charge >= 0.3 is 0 Å². The van der Waals surface area contributed by atoms with E-state index in [1.165, 1.54) is 0 Å². The van der Waals surface area contributed by atoms with Crippen LogP contribution in [0.5, 0.6) is 0 Å². The molecule has 0 aliphatic carbocycles. The first-order chi connectivity index (χ1) is 12.1. The van der Waals surface area contributed by atoms with Crippen LogP contribution in [-0.2, 0) is 0 Å². The standard InChI is InChI=1S/C14H15Cl3N4O5/c15-14(16,17)13(19-4-2-1-3-5-19)18-12(22)9-6-10(20(23)24)8-11(7-9)21(25)26/h6-8,13H,1-5H2,(H,18,22)/t13-/m1/s1. The maximum Gasteiger partial charge on any atom is 0.277 e. The second kappa shape index (κ2) is 8.34. The predicted molar refractivity (Wildman–Crippen MR) is 96.7 cm³/mol. The highest BCUT2D eigenvalue weighted by Gasteiger charge is 2.39. The summed E-state index contributed by atoms with van der Waals surface area (Å²) in [7, 11) is 0. The van der Waals surface area contributed by atoms with E-state index in [2.05, 4.69) is 5.32 Å². The van der Waals surface area contributed by atoms with Gasteiger partial charge in [0.1, 0.15) is 6.17 Å². The van der Waals surface area contributed by atoms with Crippen LogP contribution in [0.4, 0.5) is 11.4 Å². The Morgan fingerprint density at radius 2 is 1.54 bits per heavy atom. The van der Waals surface area contributed by atoms with Crippen LogP contribution in [0.2, 0.25) is 0 Å². The lowest BCUT2D eigenvalue weighted by Crippen LogP contribution is -2.56. The van der Waals surface area contributed by atoms with E-state index in [0.717, 1.165) is 37.5 Å². The predicted octanol–water partition coefficient (Wildman–Crippen LogP) is 3.42. The van der Waals surface area contributed by atoms with E-state index in [4.69, 9.17) is 34.8 Å². The zero-order valence-corrected chi connectivity index (χ0v) is 15.6. The number of amides is 1. The number of nitrogens with one attached hydrogen (secondary N) is 1. The minimum absolute atomic E-state index is 0.262. The van der Waals surface area contributed by atoms with E-state index in [-0.39, 0.29) is 5.56 Å². The van der Waals surface area contributed by atoms with E-state index in [1.54, 1.807) is 4.90 Å². The molecule has 1 atom stereocenters. The van der Waals surface area contributed by atoms with Gasteiger partial charge in [-0.2, -0.15) is 0 Å². The molecule has 1 fully saturated rings. The van der Waals surface area contributed by atoms with Crippen molar-refractivity contribution in [2.45, 2.75) is 29.2 Å². The Hall–Kier alpha value is -1.68. The van der Waals surface area contributed by atoms with Crippen molar-refractivity contribution in [2.24, 2.45) is 0 Å². The minimum atomic E-state index is -1.85. The fraction of sp³-hybridized carbons (Fsp3) is 0.500. The number of likely N-dealkylation sites (tertiary alicyclic amines) is 1. The molecule has 12 heteroatoms. The SMILES string of the molecule is O=C(N[C@H](N1CCCCC1)C(Cl)(Cl)Cl)c1cc([N+](=O)[O-])cc([N+](=O)[O-])c1. The molecule has 1 heterocycles. The molecule has 1 saturated heterocycles. The number of nitro benzene ring substituents is 2. The summed E-state index contributed by atoms with van der Waals surface area (Å²) in [5, 5.41) is 24.4. The smallest absolute Gasteiger partial charge is 0.277 e. The number of nitrogens with zero attached hydrogens (tertiary/aromatic N) is 3. The number of halogens is 3. The Morgan fingerprint density at radius 1 is 1.04 bits per heavy atom. The Balaban J connectivity index is 2.31. The molecule has 0 saturated carbocycles. The Kier molecular flexibility index (Phi) is 6.62. The first-order valence-corrected chi connectivity index (χ1v) is 8.78. The molecule has 0 bridgehead atoms. The zero-order valence-electron chi connectivity index (χ0n) is 13.4. The highest BCUT2D eigenvalue weighted by molar-refractivity contribution is 6.68. The largest absolute Gasteiger partial charge is 0.332 e. The summed E-state index contributed by atoms with van der Waals surface area (Å²) < 4.78 is -1.85. The van der Waals surface area contributed by atoms with Crippen molar-refractivity contribution in [3.05, 3.63) is 44.0 Å². The van der Waals surface area contributed by atoms with Gasteiger partial charge in [0.25, 0.3) is 17.3 Å². The number of benzene rings is 1. The molecule has 1 aliphatic rings. The van der Waals surface area contributed by atoms with Gasteiger partial charge in [-0.15, -0.1) is 0 Å². The Labute approximate surface area is 163 Å². The van der Waals surface area contributed by atoms with Gasteiger partial charge in [-0.1, -0.05) is 41.2 Å². The Morgan fingerprint density at radius 3 is 1.96 bits per heavy atom. The summed E-state index contributed by atoms with van der Waals surface area (Å²) in [5.74, 6) is -0.807. The number of carbonyl (C=O) groups excluding carboxylic acids is 1. The third kappa shape index (κ3) is 5.16. The molecule has 0 unspecified atom stereocenters. The molecule has 1 aliphatic heterocycles. The number of piperidine rings is 1. The molecule has 1 aromatic carbocycles. The van der Waals surface area contributed by atoms with Gasteiger partial charge in [0, 0.05) is 25.2 Å². The van der Waals surface area contributed by atoms with E-state index >= 15 is 0 Å². The molecule has 142 valence electrons. The second-order valence-electron chi connectivity index (χ2n) is 5.77. The average Bonchev–Trinajstić information content (AvgIpc) is 2.58. The fourth-order valence-corrected chi connectivity index (χ4v) is 3.28. The molecule has 2 rings (SSSR count). The monoisotopic (exact) mass is 424 g/mol. The van der Waals surface area contributed by atoms with Crippen LogP contribution in [0.3, 0.4) is 0 Å². The third-order valence-electron chi connectivity index (χ3n) is 3.92. The number of carbonyl (C=O) groups is 1. The first-order valence-electron chi connectivity index (χ1n) is 7.65. The topological polar surface area (TPSA) is 119 Å². The van der Waals surface area contributed by atoms with Gasteiger partial charge in [0.05, 0.1) is 21.5 Å². The molecule has 26 heavy (non-hydrogen) atoms. The average molecular weight is 426 g/mol. The van der Waals surface area contributed by atoms with Crippen LogP contribution in [0.15, 0.2) is 18.2 Å². The molecular formula is C14H15Cl3N4O5. The number of rotatable bonds is 5. The number of hydrogen-bond donors (Lipinski definition) is 1. The number of non-ortho nitro benzene ring substituents is 2. The molecule has 0 aromatic heterocycles. The lowest BCUT2D eigenvalue weighted by atomic mass is 10.1. The van der Waals surface area contributed by atoms with Gasteiger partial charge in [-0.3, -0.25) is 29.9 Å². The van der Waals surface area contributed by atoms with E-state index in [9.17, 15) is 25.0 Å².